The van der Waals surface area contributed by atoms with Crippen molar-refractivity contribution in [2.75, 3.05) is 0 Å². The van der Waals surface area contributed by atoms with Gasteiger partial charge in [0, 0.05) is 0 Å². The fourth-order valence-electron chi connectivity index (χ4n) is 1.60. The summed E-state index contributed by atoms with van der Waals surface area (Å²) < 4.78 is 10.9. The van der Waals surface area contributed by atoms with Crippen LogP contribution in [0.3, 0.4) is 0 Å². The van der Waals surface area contributed by atoms with E-state index in [1.807, 2.05) is 32.0 Å². The second-order valence-electron chi connectivity index (χ2n) is 4.01. The summed E-state index contributed by atoms with van der Waals surface area (Å²) in [5, 5.41) is 0.841. The topological polar surface area (TPSA) is 39.4 Å². The minimum Gasteiger partial charge on any atom is -0.490 e. The summed E-state index contributed by atoms with van der Waals surface area (Å²) in [5.74, 6) is 0.627. The molecule has 0 radical (unpaired) electrons. The zero-order valence-electron chi connectivity index (χ0n) is 9.61. The molecule has 0 amide bonds. The van der Waals surface area contributed by atoms with Gasteiger partial charge < -0.3 is 9.15 Å². The number of hydrogen-bond acceptors (Lipinski definition) is 3. The molecule has 16 heavy (non-hydrogen) atoms. The van der Waals surface area contributed by atoms with Gasteiger partial charge in [0.05, 0.1) is 17.1 Å². The van der Waals surface area contributed by atoms with Gasteiger partial charge in [0.25, 0.3) is 0 Å². The maximum atomic E-state index is 11.6. The molecule has 1 aromatic heterocycles. The van der Waals surface area contributed by atoms with Crippen LogP contribution in [0.5, 0.6) is 5.75 Å². The second kappa shape index (κ2) is 4.00. The van der Waals surface area contributed by atoms with Crippen molar-refractivity contribution in [3.05, 3.63) is 40.2 Å². The molecule has 0 aliphatic heterocycles. The quantitative estimate of drug-likeness (QED) is 0.727. The summed E-state index contributed by atoms with van der Waals surface area (Å²) >= 11 is 0. The zero-order chi connectivity index (χ0) is 11.7. The summed E-state index contributed by atoms with van der Waals surface area (Å²) in [4.78, 5) is 11.6. The van der Waals surface area contributed by atoms with Crippen LogP contribution < -0.4 is 10.4 Å². The molecule has 0 saturated carbocycles. The Labute approximate surface area is 93.7 Å². The fraction of sp³-hybridized carbons (Fsp3) is 0.308. The van der Waals surface area contributed by atoms with Gasteiger partial charge in [0.15, 0.2) is 0 Å². The number of hydrogen-bond donors (Lipinski definition) is 0. The Hall–Kier alpha value is -1.77. The van der Waals surface area contributed by atoms with Gasteiger partial charge in [-0.3, -0.25) is 0 Å². The third-order valence-corrected chi connectivity index (χ3v) is 2.33. The van der Waals surface area contributed by atoms with Crippen molar-refractivity contribution in [3.8, 4) is 5.75 Å². The number of fused-ring (bicyclic) bond motifs is 1. The maximum Gasteiger partial charge on any atom is 0.342 e. The largest absolute Gasteiger partial charge is 0.490 e. The van der Waals surface area contributed by atoms with Crippen LogP contribution in [-0.4, -0.2) is 6.10 Å². The number of rotatable bonds is 2. The summed E-state index contributed by atoms with van der Waals surface area (Å²) in [6.07, 6.45) is 0.0314. The molecule has 0 aliphatic rings. The average Bonchev–Trinajstić information content (AvgIpc) is 2.24. The van der Waals surface area contributed by atoms with E-state index < -0.39 is 0 Å². The molecule has 3 heteroatoms. The molecule has 84 valence electrons. The Morgan fingerprint density at radius 2 is 1.94 bits per heavy atom. The lowest BCUT2D eigenvalue weighted by atomic mass is 10.1. The lowest BCUT2D eigenvalue weighted by Gasteiger charge is -2.13. The average molecular weight is 218 g/mol. The lowest BCUT2D eigenvalue weighted by Crippen LogP contribution is -2.12. The molecular weight excluding hydrogens is 204 g/mol. The minimum absolute atomic E-state index is 0.0314. The Morgan fingerprint density at radius 3 is 2.62 bits per heavy atom. The molecule has 3 nitrogen and oxygen atoms in total. The third-order valence-electron chi connectivity index (χ3n) is 2.33. The van der Waals surface area contributed by atoms with Crippen LogP contribution in [-0.2, 0) is 0 Å². The van der Waals surface area contributed by atoms with Crippen molar-refractivity contribution in [2.45, 2.75) is 26.9 Å². The van der Waals surface area contributed by atoms with Crippen LogP contribution in [0.25, 0.3) is 11.0 Å². The fourth-order valence-corrected chi connectivity index (χ4v) is 1.60. The molecule has 1 aromatic carbocycles. The summed E-state index contributed by atoms with van der Waals surface area (Å²) in [5.41, 5.74) is 0.746. The summed E-state index contributed by atoms with van der Waals surface area (Å²) in [7, 11) is 0. The number of benzene rings is 1. The van der Waals surface area contributed by atoms with Crippen LogP contribution in [0.15, 0.2) is 33.5 Å². The Kier molecular flexibility index (Phi) is 2.69. The van der Waals surface area contributed by atoms with E-state index in [0.717, 1.165) is 5.39 Å². The molecule has 2 rings (SSSR count). The second-order valence-corrected chi connectivity index (χ2v) is 4.01. The molecule has 2 aromatic rings. The Bertz CT molecular complexity index is 567. The molecule has 0 fully saturated rings. The van der Waals surface area contributed by atoms with Crippen molar-refractivity contribution < 1.29 is 9.15 Å². The summed E-state index contributed by atoms with van der Waals surface area (Å²) in [6.45, 7) is 5.58. The van der Waals surface area contributed by atoms with Crippen LogP contribution >= 0.6 is 0 Å². The molecule has 0 bridgehead atoms. The van der Waals surface area contributed by atoms with Crippen molar-refractivity contribution in [2.24, 2.45) is 0 Å². The third kappa shape index (κ3) is 1.81. The van der Waals surface area contributed by atoms with E-state index in [2.05, 4.69) is 0 Å². The zero-order valence-corrected chi connectivity index (χ0v) is 9.61. The number of para-hydroxylation sites is 1. The van der Waals surface area contributed by atoms with Gasteiger partial charge in [-0.15, -0.1) is 0 Å². The van der Waals surface area contributed by atoms with E-state index >= 15 is 0 Å². The highest BCUT2D eigenvalue weighted by atomic mass is 16.5. The molecule has 0 N–H and O–H groups in total. The SMILES string of the molecule is Cc1c(OC(C)C)c2ccccc2oc1=O. The van der Waals surface area contributed by atoms with Gasteiger partial charge in [-0.2, -0.15) is 0 Å². The summed E-state index contributed by atoms with van der Waals surface area (Å²) in [6, 6.07) is 7.39. The molecule has 1 heterocycles. The van der Waals surface area contributed by atoms with Gasteiger partial charge in [-0.05, 0) is 32.9 Å². The van der Waals surface area contributed by atoms with Gasteiger partial charge >= 0.3 is 5.63 Å². The predicted molar refractivity (Wildman–Crippen MR) is 63.0 cm³/mol. The van der Waals surface area contributed by atoms with Gasteiger partial charge in [-0.1, -0.05) is 12.1 Å². The van der Waals surface area contributed by atoms with E-state index in [4.69, 9.17) is 9.15 Å². The van der Waals surface area contributed by atoms with Gasteiger partial charge in [0.2, 0.25) is 0 Å². The van der Waals surface area contributed by atoms with E-state index in [1.54, 1.807) is 13.0 Å². The van der Waals surface area contributed by atoms with E-state index in [9.17, 15) is 4.79 Å². The predicted octanol–water partition coefficient (Wildman–Crippen LogP) is 2.89. The normalized spacial score (nSPS) is 11.0. The van der Waals surface area contributed by atoms with Gasteiger partial charge in [0.1, 0.15) is 11.3 Å². The standard InChI is InChI=1S/C13H14O3/c1-8(2)15-12-9(3)13(14)16-11-7-5-4-6-10(11)12/h4-8H,1-3H3. The molecule has 0 atom stereocenters. The molecule has 0 saturated heterocycles. The van der Waals surface area contributed by atoms with Gasteiger partial charge in [-0.25, -0.2) is 4.79 Å². The molecule has 0 spiro atoms. The lowest BCUT2D eigenvalue weighted by molar-refractivity contribution is 0.242. The first-order valence-corrected chi connectivity index (χ1v) is 5.28. The van der Waals surface area contributed by atoms with Crippen molar-refractivity contribution in [1.29, 1.82) is 0 Å². The van der Waals surface area contributed by atoms with Crippen molar-refractivity contribution in [3.63, 3.8) is 0 Å². The van der Waals surface area contributed by atoms with E-state index in [-0.39, 0.29) is 11.7 Å². The van der Waals surface area contributed by atoms with Crippen LogP contribution in [0, 0.1) is 6.92 Å². The Balaban J connectivity index is 2.76. The highest BCUT2D eigenvalue weighted by Crippen LogP contribution is 2.27. The first kappa shape index (κ1) is 10.7. The first-order valence-electron chi connectivity index (χ1n) is 5.28. The molecule has 0 unspecified atom stereocenters. The smallest absolute Gasteiger partial charge is 0.342 e. The highest BCUT2D eigenvalue weighted by Gasteiger charge is 2.12. The number of ether oxygens (including phenoxy) is 1. The van der Waals surface area contributed by atoms with Crippen molar-refractivity contribution >= 4 is 11.0 Å². The Morgan fingerprint density at radius 1 is 1.25 bits per heavy atom. The maximum absolute atomic E-state index is 11.6. The van der Waals surface area contributed by atoms with Crippen LogP contribution in [0.2, 0.25) is 0 Å². The van der Waals surface area contributed by atoms with E-state index in [0.29, 0.717) is 16.9 Å². The van der Waals surface area contributed by atoms with E-state index in [1.165, 1.54) is 0 Å². The molecular formula is C13H14O3. The highest BCUT2D eigenvalue weighted by molar-refractivity contribution is 5.84. The van der Waals surface area contributed by atoms with Crippen LogP contribution in [0.1, 0.15) is 19.4 Å². The molecule has 0 aliphatic carbocycles. The monoisotopic (exact) mass is 218 g/mol. The van der Waals surface area contributed by atoms with Crippen LogP contribution in [0.4, 0.5) is 0 Å². The first-order chi connectivity index (χ1) is 7.59. The minimum atomic E-state index is -0.339. The van der Waals surface area contributed by atoms with Crippen molar-refractivity contribution in [1.82, 2.24) is 0 Å².